The second kappa shape index (κ2) is 12.3. The molecule has 170 valence electrons. The Bertz CT molecular complexity index is 1020. The predicted molar refractivity (Wildman–Crippen MR) is 132 cm³/mol. The largest absolute Gasteiger partial charge is 0.508 e. The van der Waals surface area contributed by atoms with Gasteiger partial charge in [-0.2, -0.15) is 0 Å². The summed E-state index contributed by atoms with van der Waals surface area (Å²) in [5.41, 5.74) is 4.27. The number of aryl methyl sites for hydroxylation is 2. The fourth-order valence-corrected chi connectivity index (χ4v) is 4.11. The highest BCUT2D eigenvalue weighted by molar-refractivity contribution is 8.13. The van der Waals surface area contributed by atoms with Crippen molar-refractivity contribution in [1.82, 2.24) is 4.90 Å². The van der Waals surface area contributed by atoms with Gasteiger partial charge in [0.25, 0.3) is 0 Å². The molecule has 0 aliphatic rings. The summed E-state index contributed by atoms with van der Waals surface area (Å²) in [5, 5.41) is 20.0. The van der Waals surface area contributed by atoms with Gasteiger partial charge in [0.2, 0.25) is 0 Å². The van der Waals surface area contributed by atoms with Gasteiger partial charge >= 0.3 is 0 Å². The number of nitrogens with zero attached hydrogens (tertiary/aromatic N) is 2. The van der Waals surface area contributed by atoms with E-state index < -0.39 is 0 Å². The number of phenols is 1. The summed E-state index contributed by atoms with van der Waals surface area (Å²) in [5.74, 6) is -0.0563. The van der Waals surface area contributed by atoms with Gasteiger partial charge in [-0.05, 0) is 60.9 Å². The third-order valence-corrected chi connectivity index (χ3v) is 6.04. The van der Waals surface area contributed by atoms with E-state index in [0.717, 1.165) is 26.8 Å². The molecule has 0 fully saturated rings. The van der Waals surface area contributed by atoms with Gasteiger partial charge in [0, 0.05) is 18.0 Å². The van der Waals surface area contributed by atoms with Gasteiger partial charge in [-0.25, -0.2) is 4.39 Å². The maximum atomic E-state index is 13.3. The van der Waals surface area contributed by atoms with E-state index in [9.17, 15) is 14.6 Å². The molecule has 3 aromatic rings. The number of benzene rings is 3. The fraction of sp³-hybridized carbons (Fsp3) is 0.269. The van der Waals surface area contributed by atoms with Crippen LogP contribution < -0.4 is 0 Å². The number of hydrogen-bond acceptors (Lipinski definition) is 4. The summed E-state index contributed by atoms with van der Waals surface area (Å²) >= 11 is 1.56. The zero-order valence-electron chi connectivity index (χ0n) is 17.8. The molecule has 32 heavy (non-hydrogen) atoms. The second-order valence-electron chi connectivity index (χ2n) is 7.41. The number of thioether (sulfide) groups is 1. The molecule has 0 spiro atoms. The second-order valence-corrected chi connectivity index (χ2v) is 8.42. The molecule has 0 unspecified atom stereocenters. The number of aromatic hydroxyl groups is 1. The van der Waals surface area contributed by atoms with Crippen LogP contribution in [-0.4, -0.2) is 33.4 Å². The first-order valence-electron chi connectivity index (χ1n) is 10.1. The average molecular weight is 455 g/mol. The van der Waals surface area contributed by atoms with Crippen LogP contribution in [0.3, 0.4) is 0 Å². The molecular weight excluding hydrogens is 423 g/mol. The molecule has 0 aliphatic heterocycles. The van der Waals surface area contributed by atoms with Gasteiger partial charge in [0.1, 0.15) is 11.6 Å². The minimum Gasteiger partial charge on any atom is -0.508 e. The van der Waals surface area contributed by atoms with Gasteiger partial charge in [0.05, 0.1) is 13.2 Å². The van der Waals surface area contributed by atoms with E-state index in [-0.39, 0.29) is 25.6 Å². The lowest BCUT2D eigenvalue weighted by atomic mass is 10.2. The first kappa shape index (κ1) is 25.4. The van der Waals surface area contributed by atoms with Crippen molar-refractivity contribution in [3.63, 3.8) is 0 Å². The minimum atomic E-state index is -0.271. The molecular formula is C26H31FN2O2S. The number of aliphatic hydroxyl groups is 1. The molecule has 3 rings (SSSR count). The summed E-state index contributed by atoms with van der Waals surface area (Å²) < 4.78 is 13.3. The lowest BCUT2D eigenvalue weighted by Gasteiger charge is -2.26. The lowest BCUT2D eigenvalue weighted by Crippen LogP contribution is -2.31. The first-order chi connectivity index (χ1) is 14.9. The average Bonchev–Trinajstić information content (AvgIpc) is 2.75. The number of amidine groups is 1. The van der Waals surface area contributed by atoms with E-state index in [2.05, 4.69) is 32.0 Å². The topological polar surface area (TPSA) is 56.1 Å². The molecule has 0 atom stereocenters. The van der Waals surface area contributed by atoms with E-state index in [1.807, 2.05) is 17.0 Å². The molecule has 0 heterocycles. The third kappa shape index (κ3) is 7.39. The monoisotopic (exact) mass is 454 g/mol. The highest BCUT2D eigenvalue weighted by Crippen LogP contribution is 2.27. The van der Waals surface area contributed by atoms with Crippen LogP contribution in [0, 0.1) is 19.7 Å². The Labute approximate surface area is 194 Å². The molecule has 4 nitrogen and oxygen atoms in total. The van der Waals surface area contributed by atoms with Gasteiger partial charge in [-0.3, -0.25) is 4.99 Å². The maximum Gasteiger partial charge on any atom is 0.164 e. The summed E-state index contributed by atoms with van der Waals surface area (Å²) in [6.07, 6.45) is 0. The number of hydrogen-bond donors (Lipinski definition) is 2. The van der Waals surface area contributed by atoms with Gasteiger partial charge in [-0.1, -0.05) is 61.2 Å². The van der Waals surface area contributed by atoms with E-state index in [4.69, 9.17) is 4.99 Å². The Morgan fingerprint density at radius 2 is 1.62 bits per heavy atom. The SMILES string of the molecule is C.Cc1ccc(SC(=NCc2ccc(F)cc2)N(CCO)Cc2ccc(O)cc2)c(C)c1. The molecule has 0 aliphatic carbocycles. The Hall–Kier alpha value is -2.83. The number of rotatable bonds is 7. The smallest absolute Gasteiger partial charge is 0.164 e. The molecule has 0 aromatic heterocycles. The first-order valence-corrected chi connectivity index (χ1v) is 10.9. The minimum absolute atomic E-state index is 0. The number of aliphatic hydroxyl groups excluding tert-OH is 1. The van der Waals surface area contributed by atoms with Crippen LogP contribution in [0.25, 0.3) is 0 Å². The van der Waals surface area contributed by atoms with Crippen molar-refractivity contribution in [3.8, 4) is 5.75 Å². The molecule has 0 radical (unpaired) electrons. The third-order valence-electron chi connectivity index (χ3n) is 4.79. The molecule has 6 heteroatoms. The number of phenolic OH excluding ortho intramolecular Hbond substituents is 1. The highest BCUT2D eigenvalue weighted by Gasteiger charge is 2.15. The molecule has 2 N–H and O–H groups in total. The van der Waals surface area contributed by atoms with E-state index >= 15 is 0 Å². The molecule has 0 saturated heterocycles. The molecule has 0 amide bonds. The highest BCUT2D eigenvalue weighted by atomic mass is 32.2. The standard InChI is InChI=1S/C25H27FN2O2S.CH4/c1-18-3-12-24(19(2)15-18)31-25(27-16-20-4-8-22(26)9-5-20)28(13-14-29)17-21-6-10-23(30)11-7-21;/h3-12,15,29-30H,13-14,16-17H2,1-2H3;1H4. The zero-order valence-corrected chi connectivity index (χ0v) is 18.6. The van der Waals surface area contributed by atoms with Gasteiger partial charge < -0.3 is 15.1 Å². The van der Waals surface area contributed by atoms with Crippen LogP contribution in [0.5, 0.6) is 5.75 Å². The van der Waals surface area contributed by atoms with E-state index in [1.54, 1.807) is 36.0 Å². The van der Waals surface area contributed by atoms with Crippen molar-refractivity contribution < 1.29 is 14.6 Å². The summed E-state index contributed by atoms with van der Waals surface area (Å²) in [4.78, 5) is 7.96. The Balaban J connectivity index is 0.00000363. The molecule has 0 bridgehead atoms. The van der Waals surface area contributed by atoms with Crippen molar-refractivity contribution in [2.75, 3.05) is 13.2 Å². The molecule has 0 saturated carbocycles. The van der Waals surface area contributed by atoms with E-state index in [0.29, 0.717) is 19.6 Å². The fourth-order valence-electron chi connectivity index (χ4n) is 3.14. The predicted octanol–water partition coefficient (Wildman–Crippen LogP) is 5.93. The Kier molecular flexibility index (Phi) is 9.75. The summed E-state index contributed by atoms with van der Waals surface area (Å²) in [6, 6.07) is 19.6. The van der Waals surface area contributed by atoms with Crippen LogP contribution in [0.1, 0.15) is 29.7 Å². The van der Waals surface area contributed by atoms with Crippen molar-refractivity contribution >= 4 is 16.9 Å². The van der Waals surface area contributed by atoms with Crippen LogP contribution >= 0.6 is 11.8 Å². The van der Waals surface area contributed by atoms with Gasteiger partial charge in [0.15, 0.2) is 5.17 Å². The van der Waals surface area contributed by atoms with Crippen molar-refractivity contribution in [2.45, 2.75) is 39.3 Å². The number of halogens is 1. The zero-order chi connectivity index (χ0) is 22.2. The summed E-state index contributed by atoms with van der Waals surface area (Å²) in [6.45, 7) is 5.49. The lowest BCUT2D eigenvalue weighted by molar-refractivity contribution is 0.248. The van der Waals surface area contributed by atoms with Crippen LogP contribution in [0.4, 0.5) is 4.39 Å². The van der Waals surface area contributed by atoms with Crippen LogP contribution in [-0.2, 0) is 13.1 Å². The van der Waals surface area contributed by atoms with Crippen molar-refractivity contribution in [1.29, 1.82) is 0 Å². The van der Waals surface area contributed by atoms with Crippen molar-refractivity contribution in [2.24, 2.45) is 4.99 Å². The van der Waals surface area contributed by atoms with Gasteiger partial charge in [-0.15, -0.1) is 0 Å². The van der Waals surface area contributed by atoms with Crippen LogP contribution in [0.2, 0.25) is 0 Å². The Morgan fingerprint density at radius 1 is 0.969 bits per heavy atom. The van der Waals surface area contributed by atoms with Crippen molar-refractivity contribution in [3.05, 3.63) is 94.8 Å². The quantitative estimate of drug-likeness (QED) is 0.264. The molecule has 3 aromatic carbocycles. The normalized spacial score (nSPS) is 11.2. The van der Waals surface area contributed by atoms with E-state index in [1.165, 1.54) is 17.7 Å². The Morgan fingerprint density at radius 3 is 2.25 bits per heavy atom. The summed E-state index contributed by atoms with van der Waals surface area (Å²) in [7, 11) is 0. The van der Waals surface area contributed by atoms with Crippen LogP contribution in [0.15, 0.2) is 76.6 Å². The maximum absolute atomic E-state index is 13.3. The number of aliphatic imine (C=N–C) groups is 1.